The van der Waals surface area contributed by atoms with Crippen LogP contribution in [0.5, 0.6) is 0 Å². The van der Waals surface area contributed by atoms with Crippen LogP contribution in [-0.2, 0) is 4.79 Å². The largest absolute Gasteiger partial charge is 0.481 e. The highest BCUT2D eigenvalue weighted by molar-refractivity contribution is 9.09. The predicted molar refractivity (Wildman–Crippen MR) is 41.3 cm³/mol. The normalized spacial score (nSPS) is 44.3. The molecule has 0 unspecified atom stereocenters. The lowest BCUT2D eigenvalue weighted by molar-refractivity contribution is -0.141. The van der Waals surface area contributed by atoms with Gasteiger partial charge < -0.3 is 10.8 Å². The summed E-state index contributed by atoms with van der Waals surface area (Å²) in [6, 6.07) is -0.684. The first-order valence-corrected chi connectivity index (χ1v) is 4.22. The molecule has 0 amide bonds. The summed E-state index contributed by atoms with van der Waals surface area (Å²) in [7, 11) is 0. The van der Waals surface area contributed by atoms with Crippen LogP contribution in [0.25, 0.3) is 0 Å². The van der Waals surface area contributed by atoms with Crippen molar-refractivity contribution in [2.24, 2.45) is 11.7 Å². The third-order valence-corrected chi connectivity index (χ3v) is 3.21. The molecule has 1 aliphatic rings. The van der Waals surface area contributed by atoms with Crippen LogP contribution in [0.4, 0.5) is 4.39 Å². The molecule has 0 saturated heterocycles. The van der Waals surface area contributed by atoms with E-state index in [0.29, 0.717) is 0 Å². The van der Waals surface area contributed by atoms with E-state index in [0.717, 1.165) is 0 Å². The zero-order chi connectivity index (χ0) is 8.59. The van der Waals surface area contributed by atoms with Crippen LogP contribution in [0.2, 0.25) is 0 Å². The zero-order valence-corrected chi connectivity index (χ0v) is 7.29. The van der Waals surface area contributed by atoms with Gasteiger partial charge in [0.05, 0.1) is 5.92 Å². The molecule has 3 N–H and O–H groups in total. The summed E-state index contributed by atoms with van der Waals surface area (Å²) in [5, 5.41) is 8.57. The Morgan fingerprint density at radius 1 is 1.73 bits per heavy atom. The molecule has 0 heterocycles. The molecule has 1 fully saturated rings. The monoisotopic (exact) mass is 225 g/mol. The molecule has 0 aliphatic heterocycles. The number of carbonyl (C=O) groups is 1. The van der Waals surface area contributed by atoms with Crippen LogP contribution < -0.4 is 5.73 Å². The highest BCUT2D eigenvalue weighted by Gasteiger charge is 2.43. The maximum Gasteiger partial charge on any atom is 0.307 e. The minimum absolute atomic E-state index is 0.0203. The average molecular weight is 226 g/mol. The number of hydrogen-bond donors (Lipinski definition) is 2. The Morgan fingerprint density at radius 3 is 2.45 bits per heavy atom. The maximum atomic E-state index is 12.8. The van der Waals surface area contributed by atoms with Crippen molar-refractivity contribution in [1.82, 2.24) is 0 Å². The fourth-order valence-electron chi connectivity index (χ4n) is 1.23. The second-order valence-corrected chi connectivity index (χ2v) is 3.78. The van der Waals surface area contributed by atoms with E-state index in [9.17, 15) is 9.18 Å². The van der Waals surface area contributed by atoms with Crippen LogP contribution in [0.1, 0.15) is 6.42 Å². The molecule has 0 aromatic carbocycles. The van der Waals surface area contributed by atoms with Gasteiger partial charge in [-0.05, 0) is 6.42 Å². The Morgan fingerprint density at radius 2 is 2.27 bits per heavy atom. The van der Waals surface area contributed by atoms with Gasteiger partial charge in [0.2, 0.25) is 0 Å². The van der Waals surface area contributed by atoms with Gasteiger partial charge >= 0.3 is 5.97 Å². The number of carboxylic acids is 1. The topological polar surface area (TPSA) is 63.3 Å². The molecule has 0 bridgehead atoms. The summed E-state index contributed by atoms with van der Waals surface area (Å²) in [6.07, 6.45) is -1.17. The fourth-order valence-corrected chi connectivity index (χ4v) is 2.01. The van der Waals surface area contributed by atoms with Crippen LogP contribution >= 0.6 is 15.9 Å². The summed E-state index contributed by atoms with van der Waals surface area (Å²) in [5.41, 5.74) is 5.36. The Kier molecular flexibility index (Phi) is 2.49. The molecule has 5 heteroatoms. The number of halogens is 2. The number of alkyl halides is 2. The standard InChI is InChI=1S/C6H9BrFNO2/c7-4-2(6(10)11)1-3(8)5(4)9/h2-5H,1,9H2,(H,10,11)/t2-,3-,4+,5+/m0/s1. The van der Waals surface area contributed by atoms with Gasteiger partial charge in [0.25, 0.3) is 0 Å². The van der Waals surface area contributed by atoms with Crippen LogP contribution in [0, 0.1) is 5.92 Å². The molecule has 0 radical (unpaired) electrons. The summed E-state index contributed by atoms with van der Waals surface area (Å²) in [5.74, 6) is -1.66. The minimum Gasteiger partial charge on any atom is -0.481 e. The first-order valence-electron chi connectivity index (χ1n) is 3.30. The second kappa shape index (κ2) is 3.06. The van der Waals surface area contributed by atoms with Gasteiger partial charge in [-0.2, -0.15) is 0 Å². The van der Waals surface area contributed by atoms with Crippen LogP contribution in [0.15, 0.2) is 0 Å². The minimum atomic E-state index is -1.19. The van der Waals surface area contributed by atoms with Crippen molar-refractivity contribution < 1.29 is 14.3 Å². The van der Waals surface area contributed by atoms with Gasteiger partial charge in [0, 0.05) is 10.9 Å². The average Bonchev–Trinajstić information content (AvgIpc) is 2.17. The van der Waals surface area contributed by atoms with E-state index in [1.54, 1.807) is 0 Å². The first kappa shape index (κ1) is 8.93. The molecule has 1 saturated carbocycles. The number of hydrogen-bond acceptors (Lipinski definition) is 2. The quantitative estimate of drug-likeness (QED) is 0.640. The van der Waals surface area contributed by atoms with Crippen molar-refractivity contribution in [3.8, 4) is 0 Å². The smallest absolute Gasteiger partial charge is 0.307 e. The second-order valence-electron chi connectivity index (χ2n) is 2.72. The molecule has 0 aromatic rings. The molecule has 4 atom stereocenters. The number of nitrogens with two attached hydrogens (primary N) is 1. The molecule has 0 spiro atoms. The van der Waals surface area contributed by atoms with Crippen molar-refractivity contribution in [3.05, 3.63) is 0 Å². The molecule has 1 aliphatic carbocycles. The van der Waals surface area contributed by atoms with Crippen LogP contribution in [0.3, 0.4) is 0 Å². The molecular formula is C6H9BrFNO2. The lowest BCUT2D eigenvalue weighted by Gasteiger charge is -2.11. The zero-order valence-electron chi connectivity index (χ0n) is 5.71. The van der Waals surface area contributed by atoms with Crippen molar-refractivity contribution in [2.45, 2.75) is 23.5 Å². The van der Waals surface area contributed by atoms with Crippen molar-refractivity contribution in [1.29, 1.82) is 0 Å². The number of aliphatic carboxylic acids is 1. The first-order chi connectivity index (χ1) is 5.04. The predicted octanol–water partition coefficient (Wildman–Crippen LogP) is 0.520. The molecule has 1 rings (SSSR count). The van der Waals surface area contributed by atoms with Crippen LogP contribution in [-0.4, -0.2) is 28.1 Å². The van der Waals surface area contributed by atoms with Crippen molar-refractivity contribution in [3.63, 3.8) is 0 Å². The number of carboxylic acid groups (broad SMARTS) is 1. The van der Waals surface area contributed by atoms with E-state index >= 15 is 0 Å². The fraction of sp³-hybridized carbons (Fsp3) is 0.833. The number of rotatable bonds is 1. The Hall–Kier alpha value is -0.160. The Balaban J connectivity index is 2.67. The maximum absolute atomic E-state index is 12.8. The molecule has 0 aromatic heterocycles. The molecular weight excluding hydrogens is 217 g/mol. The highest BCUT2D eigenvalue weighted by atomic mass is 79.9. The third kappa shape index (κ3) is 1.54. The Bertz CT molecular complexity index is 178. The van der Waals surface area contributed by atoms with Gasteiger partial charge in [-0.25, -0.2) is 4.39 Å². The van der Waals surface area contributed by atoms with E-state index in [4.69, 9.17) is 10.8 Å². The van der Waals surface area contributed by atoms with Gasteiger partial charge in [0.15, 0.2) is 0 Å². The van der Waals surface area contributed by atoms with E-state index < -0.39 is 28.9 Å². The molecule has 3 nitrogen and oxygen atoms in total. The van der Waals surface area contributed by atoms with Gasteiger partial charge in [-0.15, -0.1) is 0 Å². The summed E-state index contributed by atoms with van der Waals surface area (Å²) in [6.45, 7) is 0. The van der Waals surface area contributed by atoms with E-state index in [1.807, 2.05) is 0 Å². The van der Waals surface area contributed by atoms with Crippen molar-refractivity contribution >= 4 is 21.9 Å². The summed E-state index contributed by atoms with van der Waals surface area (Å²) < 4.78 is 12.8. The van der Waals surface area contributed by atoms with Gasteiger partial charge in [-0.1, -0.05) is 15.9 Å². The summed E-state index contributed by atoms with van der Waals surface area (Å²) >= 11 is 3.07. The van der Waals surface area contributed by atoms with E-state index in [2.05, 4.69) is 15.9 Å². The SMILES string of the molecule is N[C@H]1[C@H](Br)[C@@H](C(=O)O)C[C@@H]1F. The molecule has 64 valence electrons. The van der Waals surface area contributed by atoms with E-state index in [-0.39, 0.29) is 6.42 Å². The lowest BCUT2D eigenvalue weighted by Crippen LogP contribution is -2.35. The van der Waals surface area contributed by atoms with Gasteiger partial charge in [0.1, 0.15) is 6.17 Å². The Labute approximate surface area is 71.9 Å². The molecule has 11 heavy (non-hydrogen) atoms. The van der Waals surface area contributed by atoms with Crippen molar-refractivity contribution in [2.75, 3.05) is 0 Å². The lowest BCUT2D eigenvalue weighted by atomic mass is 10.1. The highest BCUT2D eigenvalue weighted by Crippen LogP contribution is 2.32. The van der Waals surface area contributed by atoms with Gasteiger partial charge in [-0.3, -0.25) is 4.79 Å². The van der Waals surface area contributed by atoms with E-state index in [1.165, 1.54) is 0 Å². The third-order valence-electron chi connectivity index (χ3n) is 1.97. The summed E-state index contributed by atoms with van der Waals surface area (Å²) in [4.78, 5) is 10.0.